The van der Waals surface area contributed by atoms with Crippen LogP contribution in [0.5, 0.6) is 5.75 Å². The third-order valence-corrected chi connectivity index (χ3v) is 3.49. The summed E-state index contributed by atoms with van der Waals surface area (Å²) in [6.07, 6.45) is 1.11. The quantitative estimate of drug-likeness (QED) is 0.269. The van der Waals surface area contributed by atoms with Crippen LogP contribution in [0.3, 0.4) is 0 Å². The lowest BCUT2D eigenvalue weighted by Crippen LogP contribution is -2.37. The maximum atomic E-state index is 11.1. The van der Waals surface area contributed by atoms with E-state index in [1.54, 1.807) is 24.3 Å². The van der Waals surface area contributed by atoms with Gasteiger partial charge in [0.25, 0.3) is 0 Å². The van der Waals surface area contributed by atoms with Gasteiger partial charge >= 0.3 is 0 Å². The molecule has 0 atom stereocenters. The molecular weight excluding hydrogens is 431 g/mol. The van der Waals surface area contributed by atoms with Crippen LogP contribution in [-0.2, 0) is 10.0 Å². The third-order valence-electron chi connectivity index (χ3n) is 2.88. The number of anilines is 1. The number of guanidine groups is 1. The Morgan fingerprint density at radius 2 is 1.83 bits per heavy atom. The van der Waals surface area contributed by atoms with Crippen molar-refractivity contribution in [3.63, 3.8) is 0 Å². The van der Waals surface area contributed by atoms with Crippen LogP contribution >= 0.6 is 24.0 Å². The largest absolute Gasteiger partial charge is 0.492 e. The van der Waals surface area contributed by atoms with Gasteiger partial charge in [0.05, 0.1) is 12.8 Å². The summed E-state index contributed by atoms with van der Waals surface area (Å²) in [5, 5.41) is 0. The molecule has 0 unspecified atom stereocenters. The Hall–Kier alpha value is -1.23. The van der Waals surface area contributed by atoms with Gasteiger partial charge in [-0.15, -0.1) is 24.0 Å². The number of hydrogen-bond donors (Lipinski definition) is 2. The Bertz CT molecular complexity index is 587. The maximum Gasteiger partial charge on any atom is 0.229 e. The summed E-state index contributed by atoms with van der Waals surface area (Å²) in [6, 6.07) is 6.68. The fourth-order valence-electron chi connectivity index (χ4n) is 1.80. The molecule has 0 saturated heterocycles. The Balaban J connectivity index is 0.00000484. The predicted octanol–water partition coefficient (Wildman–Crippen LogP) is 1.71. The highest BCUT2D eigenvalue weighted by molar-refractivity contribution is 14.0. The Morgan fingerprint density at radius 1 is 1.26 bits per heavy atom. The van der Waals surface area contributed by atoms with Gasteiger partial charge in [-0.3, -0.25) is 4.72 Å². The number of nitrogens with zero attached hydrogens (tertiary/aromatic N) is 2. The molecule has 132 valence electrons. The van der Waals surface area contributed by atoms with E-state index in [1.807, 2.05) is 18.7 Å². The van der Waals surface area contributed by atoms with Crippen LogP contribution in [0.4, 0.5) is 5.69 Å². The molecule has 0 aliphatic rings. The van der Waals surface area contributed by atoms with Crippen LogP contribution in [0.15, 0.2) is 29.3 Å². The summed E-state index contributed by atoms with van der Waals surface area (Å²) in [7, 11) is -3.26. The highest BCUT2D eigenvalue weighted by Gasteiger charge is 2.03. The second-order valence-electron chi connectivity index (χ2n) is 4.66. The van der Waals surface area contributed by atoms with Crippen molar-refractivity contribution in [3.05, 3.63) is 24.3 Å². The summed E-state index contributed by atoms with van der Waals surface area (Å²) >= 11 is 0. The fraction of sp³-hybridized carbons (Fsp3) is 0.500. The standard InChI is InChI=1S/C14H24N4O3S.HI/c1-4-18(5-2)14(15)16-10-11-21-13-8-6-12(7-9-13)17-22(3,19)20;/h6-9,17H,4-5,10-11H2,1-3H3,(H2,15,16);1H. The average Bonchev–Trinajstić information content (AvgIpc) is 2.45. The van der Waals surface area contributed by atoms with Gasteiger partial charge in [-0.2, -0.15) is 0 Å². The molecule has 0 aliphatic carbocycles. The minimum Gasteiger partial charge on any atom is -0.492 e. The van der Waals surface area contributed by atoms with Crippen LogP contribution in [0.25, 0.3) is 0 Å². The number of ether oxygens (including phenoxy) is 1. The molecule has 0 bridgehead atoms. The number of nitrogens with two attached hydrogens (primary N) is 1. The molecule has 23 heavy (non-hydrogen) atoms. The van der Waals surface area contributed by atoms with Crippen molar-refractivity contribution < 1.29 is 13.2 Å². The van der Waals surface area contributed by atoms with Crippen molar-refractivity contribution in [2.45, 2.75) is 13.8 Å². The zero-order chi connectivity index (χ0) is 16.6. The normalized spacial score (nSPS) is 11.5. The van der Waals surface area contributed by atoms with Crippen LogP contribution < -0.4 is 15.2 Å². The van der Waals surface area contributed by atoms with Gasteiger partial charge in [0.1, 0.15) is 12.4 Å². The summed E-state index contributed by atoms with van der Waals surface area (Å²) in [5.74, 6) is 1.16. The molecule has 7 nitrogen and oxygen atoms in total. The predicted molar refractivity (Wildman–Crippen MR) is 105 cm³/mol. The van der Waals surface area contributed by atoms with E-state index < -0.39 is 10.0 Å². The van der Waals surface area contributed by atoms with Gasteiger partial charge in [0.2, 0.25) is 10.0 Å². The first-order valence-electron chi connectivity index (χ1n) is 7.11. The Morgan fingerprint density at radius 3 is 2.30 bits per heavy atom. The number of sulfonamides is 1. The molecule has 0 heterocycles. The number of halogens is 1. The van der Waals surface area contributed by atoms with Crippen molar-refractivity contribution in [3.8, 4) is 5.75 Å². The molecule has 0 fully saturated rings. The molecule has 1 aromatic carbocycles. The molecule has 1 rings (SSSR count). The maximum absolute atomic E-state index is 11.1. The van der Waals surface area contributed by atoms with E-state index in [2.05, 4.69) is 9.71 Å². The van der Waals surface area contributed by atoms with Crippen molar-refractivity contribution in [2.75, 3.05) is 37.2 Å². The molecular formula is C14H25IN4O3S. The van der Waals surface area contributed by atoms with Crippen LogP contribution in [-0.4, -0.2) is 51.8 Å². The number of nitrogens with one attached hydrogen (secondary N) is 1. The lowest BCUT2D eigenvalue weighted by Gasteiger charge is -2.19. The molecule has 9 heteroatoms. The lowest BCUT2D eigenvalue weighted by molar-refractivity contribution is 0.327. The molecule has 0 amide bonds. The zero-order valence-electron chi connectivity index (χ0n) is 13.7. The first-order chi connectivity index (χ1) is 10.4. The SMILES string of the molecule is CCN(CC)C(N)=NCCOc1ccc(NS(C)(=O)=O)cc1.I. The third kappa shape index (κ3) is 8.84. The van der Waals surface area contributed by atoms with Crippen molar-refractivity contribution in [2.24, 2.45) is 10.7 Å². The number of benzene rings is 1. The molecule has 0 saturated carbocycles. The topological polar surface area (TPSA) is 97.0 Å². The monoisotopic (exact) mass is 456 g/mol. The number of hydrogen-bond acceptors (Lipinski definition) is 4. The van der Waals surface area contributed by atoms with E-state index in [0.29, 0.717) is 30.5 Å². The smallest absolute Gasteiger partial charge is 0.229 e. The van der Waals surface area contributed by atoms with E-state index in [9.17, 15) is 8.42 Å². The van der Waals surface area contributed by atoms with Crippen molar-refractivity contribution in [1.82, 2.24) is 4.90 Å². The highest BCUT2D eigenvalue weighted by atomic mass is 127. The molecule has 0 radical (unpaired) electrons. The summed E-state index contributed by atoms with van der Waals surface area (Å²) in [4.78, 5) is 6.21. The van der Waals surface area contributed by atoms with Crippen LogP contribution in [0, 0.1) is 0 Å². The summed E-state index contributed by atoms with van der Waals surface area (Å²) in [5.41, 5.74) is 6.35. The van der Waals surface area contributed by atoms with Gasteiger partial charge in [-0.25, -0.2) is 13.4 Å². The Labute approximate surface area is 155 Å². The van der Waals surface area contributed by atoms with Gasteiger partial charge in [-0.05, 0) is 38.1 Å². The first-order valence-corrected chi connectivity index (χ1v) is 9.00. The van der Waals surface area contributed by atoms with E-state index in [1.165, 1.54) is 0 Å². The summed E-state index contributed by atoms with van der Waals surface area (Å²) in [6.45, 7) is 6.55. The minimum absolute atomic E-state index is 0. The van der Waals surface area contributed by atoms with Crippen LogP contribution in [0.1, 0.15) is 13.8 Å². The molecule has 0 aliphatic heterocycles. The van der Waals surface area contributed by atoms with E-state index in [4.69, 9.17) is 10.5 Å². The van der Waals surface area contributed by atoms with E-state index >= 15 is 0 Å². The van der Waals surface area contributed by atoms with Crippen molar-refractivity contribution >= 4 is 45.6 Å². The molecule has 0 spiro atoms. The minimum atomic E-state index is -3.26. The summed E-state index contributed by atoms with van der Waals surface area (Å²) < 4.78 is 30.1. The fourth-order valence-corrected chi connectivity index (χ4v) is 2.37. The molecule has 1 aromatic rings. The number of rotatable bonds is 8. The van der Waals surface area contributed by atoms with Gasteiger partial charge < -0.3 is 15.4 Å². The molecule has 3 N–H and O–H groups in total. The highest BCUT2D eigenvalue weighted by Crippen LogP contribution is 2.16. The zero-order valence-corrected chi connectivity index (χ0v) is 16.8. The van der Waals surface area contributed by atoms with Gasteiger partial charge in [-0.1, -0.05) is 0 Å². The second-order valence-corrected chi connectivity index (χ2v) is 6.41. The average molecular weight is 456 g/mol. The van der Waals surface area contributed by atoms with Crippen LogP contribution in [0.2, 0.25) is 0 Å². The van der Waals surface area contributed by atoms with Crippen molar-refractivity contribution in [1.29, 1.82) is 0 Å². The van der Waals surface area contributed by atoms with E-state index in [-0.39, 0.29) is 24.0 Å². The lowest BCUT2D eigenvalue weighted by atomic mass is 10.3. The van der Waals surface area contributed by atoms with Gasteiger partial charge in [0, 0.05) is 18.8 Å². The second kappa shape index (κ2) is 10.5. The molecule has 0 aromatic heterocycles. The van der Waals surface area contributed by atoms with E-state index in [0.717, 1.165) is 19.3 Å². The Kier molecular flexibility index (Phi) is 9.96. The van der Waals surface area contributed by atoms with Gasteiger partial charge in [0.15, 0.2) is 5.96 Å². The number of aliphatic imine (C=N–C) groups is 1. The first kappa shape index (κ1) is 21.8.